The Morgan fingerprint density at radius 3 is 2.83 bits per heavy atom. The van der Waals surface area contributed by atoms with Crippen LogP contribution in [0.2, 0.25) is 0 Å². The van der Waals surface area contributed by atoms with Crippen LogP contribution >= 0.6 is 15.9 Å². The number of aliphatic hydroxyl groups excluding tert-OH is 1. The highest BCUT2D eigenvalue weighted by atomic mass is 79.9. The Hall–Kier alpha value is -2.83. The van der Waals surface area contributed by atoms with Gasteiger partial charge in [-0.15, -0.1) is 11.7 Å². The molecule has 11 nitrogen and oxygen atoms in total. The number of halogens is 1. The Labute approximate surface area is 215 Å². The fraction of sp³-hybridized carbons (Fsp3) is 0.542. The molecule has 3 unspecified atom stereocenters. The van der Waals surface area contributed by atoms with Crippen molar-refractivity contribution in [3.63, 3.8) is 0 Å². The minimum atomic E-state index is -1.32. The number of hydrogen-bond donors (Lipinski definition) is 2. The number of aromatic nitrogens is 3. The van der Waals surface area contributed by atoms with E-state index in [2.05, 4.69) is 32.8 Å². The van der Waals surface area contributed by atoms with Gasteiger partial charge < -0.3 is 24.7 Å². The summed E-state index contributed by atoms with van der Waals surface area (Å²) in [6, 6.07) is 5.60. The third-order valence-corrected chi connectivity index (χ3v) is 8.55. The van der Waals surface area contributed by atoms with Crippen molar-refractivity contribution in [2.45, 2.75) is 55.0 Å². The van der Waals surface area contributed by atoms with Crippen molar-refractivity contribution in [1.82, 2.24) is 24.8 Å². The molecule has 2 aromatic rings. The van der Waals surface area contributed by atoms with Crippen LogP contribution in [0.15, 0.2) is 36.9 Å². The molecule has 0 radical (unpaired) electrons. The quantitative estimate of drug-likeness (QED) is 0.341. The molecule has 1 spiro atoms. The number of carboxylic acids is 1. The molecule has 2 bridgehead atoms. The van der Waals surface area contributed by atoms with Gasteiger partial charge in [-0.3, -0.25) is 14.4 Å². The lowest BCUT2D eigenvalue weighted by Gasteiger charge is -2.39. The maximum Gasteiger partial charge on any atom is 0.310 e. The molecular weight excluding hydrogens is 534 g/mol. The summed E-state index contributed by atoms with van der Waals surface area (Å²) in [6.45, 7) is 5.44. The van der Waals surface area contributed by atoms with Crippen LogP contribution in [-0.4, -0.2) is 94.6 Å². The number of alkyl halides is 1. The number of para-hydroxylation sites is 1. The molecule has 1 aromatic carbocycles. The summed E-state index contributed by atoms with van der Waals surface area (Å²) in [4.78, 5) is 42.9. The van der Waals surface area contributed by atoms with E-state index in [9.17, 15) is 24.6 Å². The summed E-state index contributed by atoms with van der Waals surface area (Å²) in [5.41, 5.74) is 0.0964. The van der Waals surface area contributed by atoms with E-state index in [-0.39, 0.29) is 24.6 Å². The maximum absolute atomic E-state index is 14.3. The molecule has 5 rings (SSSR count). The van der Waals surface area contributed by atoms with Gasteiger partial charge in [-0.2, -0.15) is 0 Å². The molecule has 3 aliphatic rings. The molecule has 36 heavy (non-hydrogen) atoms. The number of nitrogens with zero attached hydrogens (tertiary/aromatic N) is 5. The van der Waals surface area contributed by atoms with Crippen molar-refractivity contribution in [3.8, 4) is 0 Å². The molecular formula is C24H28BrN5O6. The van der Waals surface area contributed by atoms with Crippen molar-refractivity contribution in [2.24, 2.45) is 11.8 Å². The van der Waals surface area contributed by atoms with Crippen LogP contribution in [0.5, 0.6) is 0 Å². The second-order valence-corrected chi connectivity index (χ2v) is 10.7. The SMILES string of the molecule is C=CCN(Cn1nnc2ccccc21)C(=O)C1N([C@@H](CC)CO)C(=O)[C@@H]2[C@H](C(=O)O)[C@H]3OC12CC3Br. The summed E-state index contributed by atoms with van der Waals surface area (Å²) < 4.78 is 7.89. The second-order valence-electron chi connectivity index (χ2n) is 9.56. The maximum atomic E-state index is 14.3. The van der Waals surface area contributed by atoms with Crippen LogP contribution in [0.3, 0.4) is 0 Å². The number of amides is 2. The number of benzene rings is 1. The number of carboxylic acid groups (broad SMARTS) is 1. The molecule has 192 valence electrons. The van der Waals surface area contributed by atoms with Crippen molar-refractivity contribution in [3.05, 3.63) is 36.9 Å². The fourth-order valence-corrected chi connectivity index (χ4v) is 7.11. The summed E-state index contributed by atoms with van der Waals surface area (Å²) >= 11 is 3.54. The summed E-state index contributed by atoms with van der Waals surface area (Å²) in [5, 5.41) is 28.4. The van der Waals surface area contributed by atoms with E-state index in [4.69, 9.17) is 4.74 Å². The van der Waals surface area contributed by atoms with Crippen LogP contribution < -0.4 is 0 Å². The highest BCUT2D eigenvalue weighted by Gasteiger charge is 2.77. The topological polar surface area (TPSA) is 138 Å². The van der Waals surface area contributed by atoms with Crippen molar-refractivity contribution in [2.75, 3.05) is 13.2 Å². The van der Waals surface area contributed by atoms with Gasteiger partial charge in [0.25, 0.3) is 0 Å². The van der Waals surface area contributed by atoms with Gasteiger partial charge >= 0.3 is 5.97 Å². The molecule has 2 amide bonds. The minimum absolute atomic E-state index is 0.0457. The first-order valence-corrected chi connectivity index (χ1v) is 12.9. The van der Waals surface area contributed by atoms with E-state index >= 15 is 0 Å². The lowest BCUT2D eigenvalue weighted by Crippen LogP contribution is -2.59. The highest BCUT2D eigenvalue weighted by molar-refractivity contribution is 9.09. The van der Waals surface area contributed by atoms with Crippen molar-refractivity contribution >= 4 is 44.7 Å². The number of likely N-dealkylation sites (tertiary alicyclic amines) is 1. The van der Waals surface area contributed by atoms with Crippen molar-refractivity contribution in [1.29, 1.82) is 0 Å². The van der Waals surface area contributed by atoms with Crippen LogP contribution in [0, 0.1) is 11.8 Å². The summed E-state index contributed by atoms with van der Waals surface area (Å²) in [6.07, 6.45) is 1.55. The molecule has 1 aromatic heterocycles. The number of hydrogen-bond acceptors (Lipinski definition) is 7. The first-order chi connectivity index (χ1) is 17.3. The molecule has 4 heterocycles. The Kier molecular flexibility index (Phi) is 6.38. The van der Waals surface area contributed by atoms with Gasteiger partial charge in [0.1, 0.15) is 23.8 Å². The van der Waals surface area contributed by atoms with E-state index in [0.717, 1.165) is 5.52 Å². The van der Waals surface area contributed by atoms with Gasteiger partial charge in [-0.1, -0.05) is 46.3 Å². The highest BCUT2D eigenvalue weighted by Crippen LogP contribution is 2.60. The van der Waals surface area contributed by atoms with E-state index in [1.54, 1.807) is 10.8 Å². The Morgan fingerprint density at radius 1 is 1.42 bits per heavy atom. The van der Waals surface area contributed by atoms with Crippen LogP contribution in [0.25, 0.3) is 11.0 Å². The lowest BCUT2D eigenvalue weighted by atomic mass is 9.70. The average molecular weight is 562 g/mol. The van der Waals surface area contributed by atoms with Gasteiger partial charge in [0.15, 0.2) is 0 Å². The molecule has 3 saturated heterocycles. The van der Waals surface area contributed by atoms with Crippen molar-refractivity contribution < 1.29 is 29.3 Å². The monoisotopic (exact) mass is 561 g/mol. The predicted molar refractivity (Wildman–Crippen MR) is 131 cm³/mol. The van der Waals surface area contributed by atoms with Crippen LogP contribution in [0.1, 0.15) is 19.8 Å². The Balaban J connectivity index is 1.57. The summed E-state index contributed by atoms with van der Waals surface area (Å²) in [5.74, 6) is -4.11. The average Bonchev–Trinajstić information content (AvgIpc) is 3.57. The molecule has 3 aliphatic heterocycles. The number of fused-ring (bicyclic) bond motifs is 2. The summed E-state index contributed by atoms with van der Waals surface area (Å²) in [7, 11) is 0. The standard InChI is InChI=1S/C24H28BrN5O6/c1-3-9-28(12-29-16-8-6-5-7-15(16)26-27-29)22(33)20-24-10-14(25)19(36-24)17(23(34)35)18(24)21(32)30(20)13(4-2)11-31/h3,5-8,13-14,17-20,31H,1,4,9-12H2,2H3,(H,34,35)/t13-,14?,17-,18-,19-,20?,24?/m0/s1. The van der Waals surface area contributed by atoms with Gasteiger partial charge in [0.2, 0.25) is 11.8 Å². The first kappa shape index (κ1) is 24.8. The van der Waals surface area contributed by atoms with E-state index in [0.29, 0.717) is 18.4 Å². The van der Waals surface area contributed by atoms with E-state index in [1.807, 2.05) is 31.2 Å². The molecule has 0 saturated carbocycles. The third kappa shape index (κ3) is 3.49. The first-order valence-electron chi connectivity index (χ1n) is 11.9. The Bertz CT molecular complexity index is 1220. The zero-order valence-electron chi connectivity index (χ0n) is 19.7. The lowest BCUT2D eigenvalue weighted by molar-refractivity contribution is -0.154. The molecule has 12 heteroatoms. The molecule has 7 atom stereocenters. The number of rotatable bonds is 9. The number of ether oxygens (including phenoxy) is 1. The van der Waals surface area contributed by atoms with E-state index < -0.39 is 53.4 Å². The van der Waals surface area contributed by atoms with Crippen LogP contribution in [-0.2, 0) is 25.8 Å². The van der Waals surface area contributed by atoms with Crippen LogP contribution in [0.4, 0.5) is 0 Å². The second kappa shape index (κ2) is 9.24. The number of aliphatic hydroxyl groups is 1. The molecule has 3 fully saturated rings. The Morgan fingerprint density at radius 2 is 2.17 bits per heavy atom. The van der Waals surface area contributed by atoms with Gasteiger partial charge in [0.05, 0.1) is 36.1 Å². The zero-order valence-corrected chi connectivity index (χ0v) is 21.3. The smallest absolute Gasteiger partial charge is 0.310 e. The molecule has 0 aliphatic carbocycles. The minimum Gasteiger partial charge on any atom is -0.481 e. The van der Waals surface area contributed by atoms with Gasteiger partial charge in [-0.05, 0) is 25.0 Å². The van der Waals surface area contributed by atoms with Gasteiger partial charge in [0, 0.05) is 11.4 Å². The number of carbonyl (C=O) groups is 3. The predicted octanol–water partition coefficient (Wildman–Crippen LogP) is 1.01. The third-order valence-electron chi connectivity index (χ3n) is 7.71. The normalized spacial score (nSPS) is 31.6. The largest absolute Gasteiger partial charge is 0.481 e. The van der Waals surface area contributed by atoms with Gasteiger partial charge in [-0.25, -0.2) is 4.68 Å². The number of aliphatic carboxylic acids is 1. The zero-order chi connectivity index (χ0) is 25.8. The molecule has 2 N–H and O–H groups in total. The number of carbonyl (C=O) groups excluding carboxylic acids is 2. The fourth-order valence-electron chi connectivity index (χ4n) is 6.17. The van der Waals surface area contributed by atoms with E-state index in [1.165, 1.54) is 9.80 Å².